The largest absolute Gasteiger partial charge is 0.497 e. The van der Waals surface area contributed by atoms with E-state index in [0.29, 0.717) is 30.2 Å². The van der Waals surface area contributed by atoms with Crippen LogP contribution >= 0.6 is 11.6 Å². The second-order valence-electron chi connectivity index (χ2n) is 9.55. The van der Waals surface area contributed by atoms with Gasteiger partial charge in [-0.2, -0.15) is 0 Å². The molecule has 0 radical (unpaired) electrons. The van der Waals surface area contributed by atoms with Crippen LogP contribution in [0.3, 0.4) is 0 Å². The monoisotopic (exact) mass is 599 g/mol. The third-order valence-corrected chi connectivity index (χ3v) is 8.78. The van der Waals surface area contributed by atoms with Gasteiger partial charge in [0.15, 0.2) is 0 Å². The molecule has 10 heteroatoms. The Labute approximate surface area is 248 Å². The smallest absolute Gasteiger partial charge is 0.264 e. The number of sulfonamides is 1. The molecule has 0 aliphatic carbocycles. The molecule has 3 rings (SSSR count). The number of unbranched alkanes of at least 4 members (excludes halogenated alkanes) is 1. The zero-order valence-electron chi connectivity index (χ0n) is 23.8. The molecule has 3 aromatic rings. The molecule has 41 heavy (non-hydrogen) atoms. The molecule has 0 saturated carbocycles. The van der Waals surface area contributed by atoms with Gasteiger partial charge >= 0.3 is 0 Å². The van der Waals surface area contributed by atoms with Crippen molar-refractivity contribution >= 4 is 39.1 Å². The topological polar surface area (TPSA) is 96.0 Å². The van der Waals surface area contributed by atoms with Crippen molar-refractivity contribution in [1.82, 2.24) is 10.2 Å². The molecule has 0 bridgehead atoms. The van der Waals surface area contributed by atoms with Crippen LogP contribution in [0.15, 0.2) is 83.8 Å². The van der Waals surface area contributed by atoms with Gasteiger partial charge in [0.05, 0.1) is 17.7 Å². The van der Waals surface area contributed by atoms with Gasteiger partial charge in [-0.05, 0) is 73.4 Å². The van der Waals surface area contributed by atoms with Crippen LogP contribution in [-0.2, 0) is 26.0 Å². The first-order valence-electron chi connectivity index (χ1n) is 13.7. The van der Waals surface area contributed by atoms with Crippen molar-refractivity contribution in [2.24, 2.45) is 0 Å². The average molecular weight is 600 g/mol. The number of rotatable bonds is 15. The number of nitrogens with zero attached hydrogens (tertiary/aromatic N) is 2. The molecule has 3 aromatic carbocycles. The molecule has 1 atom stereocenters. The summed E-state index contributed by atoms with van der Waals surface area (Å²) in [6.45, 7) is 4.14. The van der Waals surface area contributed by atoms with Gasteiger partial charge < -0.3 is 15.0 Å². The van der Waals surface area contributed by atoms with Gasteiger partial charge in [-0.3, -0.25) is 13.9 Å². The molecule has 0 heterocycles. The van der Waals surface area contributed by atoms with Crippen LogP contribution in [0, 0.1) is 0 Å². The van der Waals surface area contributed by atoms with Crippen molar-refractivity contribution in [2.45, 2.75) is 50.5 Å². The molecule has 220 valence electrons. The predicted molar refractivity (Wildman–Crippen MR) is 163 cm³/mol. The highest BCUT2D eigenvalue weighted by molar-refractivity contribution is 7.92. The Balaban J connectivity index is 1.98. The molecular formula is C31H38ClN3O5S. The maximum absolute atomic E-state index is 14.0. The van der Waals surface area contributed by atoms with E-state index in [0.717, 1.165) is 22.7 Å². The van der Waals surface area contributed by atoms with Crippen LogP contribution in [0.25, 0.3) is 0 Å². The number of nitrogens with one attached hydrogen (secondary N) is 1. The Morgan fingerprint density at radius 3 is 2.20 bits per heavy atom. The van der Waals surface area contributed by atoms with E-state index >= 15 is 0 Å². The fourth-order valence-electron chi connectivity index (χ4n) is 4.41. The van der Waals surface area contributed by atoms with E-state index in [-0.39, 0.29) is 23.0 Å². The lowest BCUT2D eigenvalue weighted by Gasteiger charge is -2.33. The number of anilines is 1. The zero-order chi connectivity index (χ0) is 29.8. The molecule has 1 N–H and O–H groups in total. The first kappa shape index (κ1) is 32.0. The summed E-state index contributed by atoms with van der Waals surface area (Å²) in [4.78, 5) is 28.7. The molecule has 0 unspecified atom stereocenters. The van der Waals surface area contributed by atoms with Gasteiger partial charge in [0.1, 0.15) is 18.3 Å². The normalized spacial score (nSPS) is 11.9. The standard InChI is InChI=1S/C31H38ClN3O5S/c1-4-6-21-33-31(37)29(5-2)34(22-20-24-10-8-7-9-11-24)30(36)23-35(26-14-12-25(32)13-15-26)41(38,39)28-18-16-27(40-3)17-19-28/h7-19,29H,4-6,20-23H2,1-3H3,(H,33,37)/t29-/m0/s1. The molecule has 0 aliphatic rings. The lowest BCUT2D eigenvalue weighted by atomic mass is 10.1. The third-order valence-electron chi connectivity index (χ3n) is 6.74. The van der Waals surface area contributed by atoms with Gasteiger partial charge in [0.2, 0.25) is 11.8 Å². The van der Waals surface area contributed by atoms with Gasteiger partial charge in [0, 0.05) is 18.1 Å². The summed E-state index contributed by atoms with van der Waals surface area (Å²) in [5.41, 5.74) is 1.29. The number of halogens is 1. The van der Waals surface area contributed by atoms with Crippen LogP contribution in [-0.4, -0.2) is 57.9 Å². The summed E-state index contributed by atoms with van der Waals surface area (Å²) < 4.78 is 34.0. The van der Waals surface area contributed by atoms with Gasteiger partial charge in [-0.25, -0.2) is 8.42 Å². The van der Waals surface area contributed by atoms with Crippen molar-refractivity contribution in [3.63, 3.8) is 0 Å². The molecule has 0 spiro atoms. The van der Waals surface area contributed by atoms with E-state index in [1.165, 1.54) is 24.1 Å². The molecular weight excluding hydrogens is 562 g/mol. The molecule has 2 amide bonds. The maximum atomic E-state index is 14.0. The zero-order valence-corrected chi connectivity index (χ0v) is 25.3. The third kappa shape index (κ3) is 8.71. The minimum absolute atomic E-state index is 0.00114. The number of carbonyl (C=O) groups is 2. The highest BCUT2D eigenvalue weighted by Crippen LogP contribution is 2.27. The summed E-state index contributed by atoms with van der Waals surface area (Å²) in [6, 6.07) is 21.1. The second-order valence-corrected chi connectivity index (χ2v) is 11.9. The van der Waals surface area contributed by atoms with Crippen molar-refractivity contribution in [3.05, 3.63) is 89.4 Å². The van der Waals surface area contributed by atoms with E-state index in [4.69, 9.17) is 16.3 Å². The first-order chi connectivity index (χ1) is 19.7. The van der Waals surface area contributed by atoms with Gasteiger partial charge in [-0.15, -0.1) is 0 Å². The Bertz CT molecular complexity index is 1370. The SMILES string of the molecule is CCCCNC(=O)[C@H](CC)N(CCc1ccccc1)C(=O)CN(c1ccc(Cl)cc1)S(=O)(=O)c1ccc(OC)cc1. The number of hydrogen-bond donors (Lipinski definition) is 1. The Morgan fingerprint density at radius 1 is 0.951 bits per heavy atom. The number of carbonyl (C=O) groups excluding carboxylic acids is 2. The fourth-order valence-corrected chi connectivity index (χ4v) is 5.95. The Morgan fingerprint density at radius 2 is 1.61 bits per heavy atom. The minimum atomic E-state index is -4.17. The lowest BCUT2D eigenvalue weighted by Crippen LogP contribution is -2.53. The molecule has 0 aliphatic heterocycles. The summed E-state index contributed by atoms with van der Waals surface area (Å²) in [5, 5.41) is 3.37. The van der Waals surface area contributed by atoms with E-state index in [1.54, 1.807) is 36.4 Å². The van der Waals surface area contributed by atoms with Gasteiger partial charge in [0.25, 0.3) is 10.0 Å². The van der Waals surface area contributed by atoms with Crippen LogP contribution < -0.4 is 14.4 Å². The van der Waals surface area contributed by atoms with Gasteiger partial charge in [-0.1, -0.05) is 62.2 Å². The average Bonchev–Trinajstić information content (AvgIpc) is 2.99. The molecule has 0 saturated heterocycles. The first-order valence-corrected chi connectivity index (χ1v) is 15.6. The van der Waals surface area contributed by atoms with Crippen LogP contribution in [0.5, 0.6) is 5.75 Å². The number of ether oxygens (including phenoxy) is 1. The van der Waals surface area contributed by atoms with E-state index in [2.05, 4.69) is 5.32 Å². The molecule has 8 nitrogen and oxygen atoms in total. The number of methoxy groups -OCH3 is 1. The van der Waals surface area contributed by atoms with E-state index in [1.807, 2.05) is 44.2 Å². The van der Waals surface area contributed by atoms with Crippen molar-refractivity contribution in [2.75, 3.05) is 31.0 Å². The summed E-state index contributed by atoms with van der Waals surface area (Å²) in [6.07, 6.45) is 2.64. The second kappa shape index (κ2) is 15.4. The predicted octanol–water partition coefficient (Wildman–Crippen LogP) is 5.31. The summed E-state index contributed by atoms with van der Waals surface area (Å²) in [7, 11) is -2.68. The van der Waals surface area contributed by atoms with Crippen LogP contribution in [0.2, 0.25) is 5.02 Å². The quantitative estimate of drug-likeness (QED) is 0.239. The highest BCUT2D eigenvalue weighted by atomic mass is 35.5. The van der Waals surface area contributed by atoms with Crippen LogP contribution in [0.1, 0.15) is 38.7 Å². The number of amides is 2. The molecule has 0 aromatic heterocycles. The lowest BCUT2D eigenvalue weighted by molar-refractivity contribution is -0.139. The van der Waals surface area contributed by atoms with Crippen molar-refractivity contribution in [1.29, 1.82) is 0 Å². The van der Waals surface area contributed by atoms with Crippen LogP contribution in [0.4, 0.5) is 5.69 Å². The maximum Gasteiger partial charge on any atom is 0.264 e. The number of hydrogen-bond acceptors (Lipinski definition) is 5. The van der Waals surface area contributed by atoms with Crippen molar-refractivity contribution < 1.29 is 22.7 Å². The minimum Gasteiger partial charge on any atom is -0.497 e. The Kier molecular flexibility index (Phi) is 12.0. The number of benzene rings is 3. The molecule has 0 fully saturated rings. The van der Waals surface area contributed by atoms with Crippen molar-refractivity contribution in [3.8, 4) is 5.75 Å². The van der Waals surface area contributed by atoms with E-state index < -0.39 is 28.5 Å². The highest BCUT2D eigenvalue weighted by Gasteiger charge is 2.33. The fraction of sp³-hybridized carbons (Fsp3) is 0.355. The Hall–Kier alpha value is -3.56. The summed E-state index contributed by atoms with van der Waals surface area (Å²) in [5.74, 6) is -0.228. The van der Waals surface area contributed by atoms with E-state index in [9.17, 15) is 18.0 Å². The summed E-state index contributed by atoms with van der Waals surface area (Å²) >= 11 is 6.08.